The molecule has 0 spiro atoms. The highest BCUT2D eigenvalue weighted by Crippen LogP contribution is 2.27. The molecule has 0 unspecified atom stereocenters. The maximum absolute atomic E-state index is 11.6. The largest absolute Gasteiger partial charge is 0.354 e. The van der Waals surface area contributed by atoms with Gasteiger partial charge in [-0.15, -0.1) is 0 Å². The predicted octanol–water partition coefficient (Wildman–Crippen LogP) is 0.128. The van der Waals surface area contributed by atoms with Crippen LogP contribution in [0.1, 0.15) is 25.7 Å². The topological polar surface area (TPSA) is 47.6 Å². The Labute approximate surface area is 123 Å². The molecule has 1 saturated heterocycles. The second-order valence-corrected chi connectivity index (χ2v) is 6.46. The van der Waals surface area contributed by atoms with Gasteiger partial charge in [-0.3, -0.25) is 4.79 Å². The molecule has 2 fully saturated rings. The highest BCUT2D eigenvalue weighted by atomic mass is 16.1. The van der Waals surface area contributed by atoms with Crippen LogP contribution < -0.4 is 10.6 Å². The van der Waals surface area contributed by atoms with Gasteiger partial charge in [-0.05, 0) is 65.3 Å². The lowest BCUT2D eigenvalue weighted by molar-refractivity contribution is -0.120. The van der Waals surface area contributed by atoms with Crippen LogP contribution in [0.3, 0.4) is 0 Å². The molecule has 2 rings (SSSR count). The number of rotatable bonds is 8. The predicted molar refractivity (Wildman–Crippen MR) is 81.8 cm³/mol. The molecule has 1 heterocycles. The van der Waals surface area contributed by atoms with Crippen molar-refractivity contribution in [2.45, 2.75) is 31.7 Å². The summed E-state index contributed by atoms with van der Waals surface area (Å²) >= 11 is 0. The molecule has 0 aromatic heterocycles. The van der Waals surface area contributed by atoms with E-state index in [0.29, 0.717) is 6.54 Å². The minimum Gasteiger partial charge on any atom is -0.354 e. The molecule has 1 aliphatic heterocycles. The van der Waals surface area contributed by atoms with Gasteiger partial charge in [0.05, 0.1) is 6.54 Å². The molecular weight excluding hydrogens is 252 g/mol. The summed E-state index contributed by atoms with van der Waals surface area (Å²) in [5.74, 6) is 0.967. The van der Waals surface area contributed by atoms with E-state index in [1.54, 1.807) is 0 Å². The van der Waals surface area contributed by atoms with Crippen LogP contribution >= 0.6 is 0 Å². The van der Waals surface area contributed by atoms with Crippen molar-refractivity contribution in [2.24, 2.45) is 5.92 Å². The van der Waals surface area contributed by atoms with Crippen molar-refractivity contribution in [3.8, 4) is 0 Å². The summed E-state index contributed by atoms with van der Waals surface area (Å²) in [6, 6.07) is 0.729. The normalized spacial score (nSPS) is 21.4. The van der Waals surface area contributed by atoms with Gasteiger partial charge in [-0.2, -0.15) is 0 Å². The average Bonchev–Trinajstić information content (AvgIpc) is 3.23. The summed E-state index contributed by atoms with van der Waals surface area (Å²) in [7, 11) is 4.32. The van der Waals surface area contributed by atoms with E-state index >= 15 is 0 Å². The van der Waals surface area contributed by atoms with Crippen LogP contribution in [0, 0.1) is 5.92 Å². The monoisotopic (exact) mass is 282 g/mol. The van der Waals surface area contributed by atoms with Gasteiger partial charge >= 0.3 is 0 Å². The lowest BCUT2D eigenvalue weighted by atomic mass is 10.0. The van der Waals surface area contributed by atoms with Crippen molar-refractivity contribution in [1.82, 2.24) is 20.4 Å². The lowest BCUT2D eigenvalue weighted by Crippen LogP contribution is -2.45. The molecule has 5 nitrogen and oxygen atoms in total. The molecule has 1 saturated carbocycles. The molecule has 116 valence electrons. The molecule has 0 atom stereocenters. The number of hydrogen-bond acceptors (Lipinski definition) is 4. The van der Waals surface area contributed by atoms with E-state index in [9.17, 15) is 4.79 Å². The first-order valence-electron chi connectivity index (χ1n) is 8.01. The maximum atomic E-state index is 11.6. The molecule has 2 aliphatic rings. The SMILES string of the molecule is CN(C)C1CCN(CCNC(=O)CNCC2CC2)CC1. The van der Waals surface area contributed by atoms with Gasteiger partial charge in [-0.25, -0.2) is 0 Å². The Bertz CT molecular complexity index is 296. The number of hydrogen-bond donors (Lipinski definition) is 2. The fourth-order valence-corrected chi connectivity index (χ4v) is 2.79. The highest BCUT2D eigenvalue weighted by molar-refractivity contribution is 5.77. The number of carbonyl (C=O) groups is 1. The van der Waals surface area contributed by atoms with Crippen molar-refractivity contribution >= 4 is 5.91 Å². The Morgan fingerprint density at radius 1 is 1.20 bits per heavy atom. The minimum absolute atomic E-state index is 0.133. The second kappa shape index (κ2) is 7.96. The first-order valence-corrected chi connectivity index (χ1v) is 8.01. The Kier molecular flexibility index (Phi) is 6.26. The van der Waals surface area contributed by atoms with Crippen LogP contribution in [0.4, 0.5) is 0 Å². The van der Waals surface area contributed by atoms with E-state index in [4.69, 9.17) is 0 Å². The molecule has 1 aliphatic carbocycles. The van der Waals surface area contributed by atoms with E-state index in [1.807, 2.05) is 0 Å². The molecule has 1 amide bonds. The average molecular weight is 282 g/mol. The van der Waals surface area contributed by atoms with Crippen molar-refractivity contribution in [3.05, 3.63) is 0 Å². The Balaban J connectivity index is 1.47. The minimum atomic E-state index is 0.133. The maximum Gasteiger partial charge on any atom is 0.234 e. The number of carbonyl (C=O) groups excluding carboxylic acids is 1. The zero-order valence-electron chi connectivity index (χ0n) is 13.0. The fraction of sp³-hybridized carbons (Fsp3) is 0.933. The van der Waals surface area contributed by atoms with Gasteiger partial charge in [0.2, 0.25) is 5.91 Å². The molecule has 2 N–H and O–H groups in total. The summed E-state index contributed by atoms with van der Waals surface area (Å²) in [6.45, 7) is 5.53. The van der Waals surface area contributed by atoms with Crippen LogP contribution in [0.25, 0.3) is 0 Å². The van der Waals surface area contributed by atoms with Crippen molar-refractivity contribution in [3.63, 3.8) is 0 Å². The van der Waals surface area contributed by atoms with Crippen LogP contribution in [-0.4, -0.2) is 75.1 Å². The molecule has 0 aromatic rings. The number of nitrogens with one attached hydrogen (secondary N) is 2. The zero-order valence-corrected chi connectivity index (χ0v) is 13.0. The highest BCUT2D eigenvalue weighted by Gasteiger charge is 2.21. The van der Waals surface area contributed by atoms with Crippen LogP contribution in [0.15, 0.2) is 0 Å². The number of amides is 1. The Morgan fingerprint density at radius 3 is 2.50 bits per heavy atom. The van der Waals surface area contributed by atoms with Gasteiger partial charge in [0.15, 0.2) is 0 Å². The second-order valence-electron chi connectivity index (χ2n) is 6.46. The van der Waals surface area contributed by atoms with Gasteiger partial charge in [-0.1, -0.05) is 0 Å². The van der Waals surface area contributed by atoms with E-state index in [1.165, 1.54) is 25.7 Å². The van der Waals surface area contributed by atoms with E-state index in [0.717, 1.165) is 44.7 Å². The molecule has 0 aromatic carbocycles. The lowest BCUT2D eigenvalue weighted by Gasteiger charge is -2.35. The van der Waals surface area contributed by atoms with Gasteiger partial charge in [0.25, 0.3) is 0 Å². The fourth-order valence-electron chi connectivity index (χ4n) is 2.79. The van der Waals surface area contributed by atoms with Crippen molar-refractivity contribution in [2.75, 3.05) is 53.4 Å². The quantitative estimate of drug-likeness (QED) is 0.664. The molecule has 5 heteroatoms. The molecule has 20 heavy (non-hydrogen) atoms. The van der Waals surface area contributed by atoms with Gasteiger partial charge < -0.3 is 20.4 Å². The van der Waals surface area contributed by atoms with E-state index in [2.05, 4.69) is 34.5 Å². The van der Waals surface area contributed by atoms with Crippen LogP contribution in [0.2, 0.25) is 0 Å². The first-order chi connectivity index (χ1) is 9.65. The summed E-state index contributed by atoms with van der Waals surface area (Å²) in [5, 5.41) is 6.23. The Hall–Kier alpha value is -0.650. The number of piperidine rings is 1. The summed E-state index contributed by atoms with van der Waals surface area (Å²) < 4.78 is 0. The number of likely N-dealkylation sites (tertiary alicyclic amines) is 1. The first kappa shape index (κ1) is 15.7. The van der Waals surface area contributed by atoms with Crippen molar-refractivity contribution < 1.29 is 4.79 Å². The third-order valence-corrected chi connectivity index (χ3v) is 4.45. The van der Waals surface area contributed by atoms with Crippen LogP contribution in [-0.2, 0) is 4.79 Å². The smallest absolute Gasteiger partial charge is 0.234 e. The number of nitrogens with zero attached hydrogens (tertiary/aromatic N) is 2. The van der Waals surface area contributed by atoms with E-state index < -0.39 is 0 Å². The molecule has 0 radical (unpaired) electrons. The standard InChI is InChI=1S/C15H30N4O/c1-18(2)14-5-8-19(9-6-14)10-7-17-15(20)12-16-11-13-3-4-13/h13-14,16H,3-12H2,1-2H3,(H,17,20). The van der Waals surface area contributed by atoms with E-state index in [-0.39, 0.29) is 5.91 Å². The Morgan fingerprint density at radius 2 is 1.90 bits per heavy atom. The van der Waals surface area contributed by atoms with Gasteiger partial charge in [0.1, 0.15) is 0 Å². The third kappa shape index (κ3) is 5.77. The van der Waals surface area contributed by atoms with Crippen molar-refractivity contribution in [1.29, 1.82) is 0 Å². The molecule has 0 bridgehead atoms. The van der Waals surface area contributed by atoms with Gasteiger partial charge in [0, 0.05) is 19.1 Å². The summed E-state index contributed by atoms with van der Waals surface area (Å²) in [6.07, 6.45) is 5.14. The summed E-state index contributed by atoms with van der Waals surface area (Å²) in [4.78, 5) is 16.4. The summed E-state index contributed by atoms with van der Waals surface area (Å²) in [5.41, 5.74) is 0. The van der Waals surface area contributed by atoms with Crippen LogP contribution in [0.5, 0.6) is 0 Å². The third-order valence-electron chi connectivity index (χ3n) is 4.45. The zero-order chi connectivity index (χ0) is 14.4. The molecular formula is C15H30N4O.